The molecule has 76 valence electrons. The van der Waals surface area contributed by atoms with E-state index in [0.717, 1.165) is 19.6 Å². The Labute approximate surface area is 85.2 Å². The number of hydrogen-bond donors (Lipinski definition) is 1. The third kappa shape index (κ3) is 2.14. The van der Waals surface area contributed by atoms with E-state index < -0.39 is 0 Å². The molecule has 0 radical (unpaired) electrons. The summed E-state index contributed by atoms with van der Waals surface area (Å²) in [6, 6.07) is 10.5. The standard InChI is InChI=1S/C12H17NO/c1-10(7-13-8-12(14)9-13)11-5-3-2-4-6-11/h2-6,10,12,14H,7-9H2,1H3/t10-/m0/s1. The van der Waals surface area contributed by atoms with Gasteiger partial charge in [0.05, 0.1) is 6.10 Å². The number of benzene rings is 1. The smallest absolute Gasteiger partial charge is 0.0793 e. The maximum atomic E-state index is 9.16. The van der Waals surface area contributed by atoms with E-state index in [1.165, 1.54) is 5.56 Å². The Kier molecular flexibility index (Phi) is 2.85. The van der Waals surface area contributed by atoms with Crippen LogP contribution in [0.4, 0.5) is 0 Å². The van der Waals surface area contributed by atoms with Crippen LogP contribution in [0.25, 0.3) is 0 Å². The van der Waals surface area contributed by atoms with Crippen LogP contribution in [0.3, 0.4) is 0 Å². The van der Waals surface area contributed by atoms with Gasteiger partial charge in [0.25, 0.3) is 0 Å². The van der Waals surface area contributed by atoms with Gasteiger partial charge in [0.1, 0.15) is 0 Å². The Hall–Kier alpha value is -0.860. The summed E-state index contributed by atoms with van der Waals surface area (Å²) >= 11 is 0. The predicted octanol–water partition coefficient (Wildman–Crippen LogP) is 1.47. The Balaban J connectivity index is 1.87. The number of aliphatic hydroxyl groups excluding tert-OH is 1. The molecule has 0 amide bonds. The molecule has 1 fully saturated rings. The molecule has 0 bridgehead atoms. The van der Waals surface area contributed by atoms with E-state index in [2.05, 4.69) is 36.1 Å². The molecule has 1 N–H and O–H groups in total. The molecule has 1 aromatic rings. The van der Waals surface area contributed by atoms with Crippen LogP contribution < -0.4 is 0 Å². The molecule has 1 aliphatic rings. The van der Waals surface area contributed by atoms with Crippen LogP contribution in [-0.4, -0.2) is 35.7 Å². The molecule has 0 aromatic heterocycles. The maximum absolute atomic E-state index is 9.16. The van der Waals surface area contributed by atoms with Crippen molar-refractivity contribution in [2.24, 2.45) is 0 Å². The lowest BCUT2D eigenvalue weighted by atomic mass is 9.99. The number of hydrogen-bond acceptors (Lipinski definition) is 2. The van der Waals surface area contributed by atoms with Crippen molar-refractivity contribution in [3.05, 3.63) is 35.9 Å². The quantitative estimate of drug-likeness (QED) is 0.782. The minimum atomic E-state index is -0.0852. The van der Waals surface area contributed by atoms with Gasteiger partial charge >= 0.3 is 0 Å². The molecule has 1 atom stereocenters. The molecule has 0 unspecified atom stereocenters. The molecule has 2 heteroatoms. The minimum Gasteiger partial charge on any atom is -0.390 e. The highest BCUT2D eigenvalue weighted by Crippen LogP contribution is 2.18. The van der Waals surface area contributed by atoms with E-state index in [9.17, 15) is 0 Å². The van der Waals surface area contributed by atoms with Crippen LogP contribution in [0.15, 0.2) is 30.3 Å². The van der Waals surface area contributed by atoms with E-state index in [-0.39, 0.29) is 6.10 Å². The molecular weight excluding hydrogens is 174 g/mol. The highest BCUT2D eigenvalue weighted by Gasteiger charge is 2.25. The van der Waals surface area contributed by atoms with Crippen molar-refractivity contribution in [3.8, 4) is 0 Å². The maximum Gasteiger partial charge on any atom is 0.0793 e. The first kappa shape index (κ1) is 9.69. The van der Waals surface area contributed by atoms with Crippen molar-refractivity contribution < 1.29 is 5.11 Å². The van der Waals surface area contributed by atoms with E-state index in [1.807, 2.05) is 6.07 Å². The van der Waals surface area contributed by atoms with Crippen LogP contribution in [0.1, 0.15) is 18.4 Å². The fourth-order valence-corrected chi connectivity index (χ4v) is 1.97. The van der Waals surface area contributed by atoms with Crippen molar-refractivity contribution in [1.82, 2.24) is 4.90 Å². The zero-order valence-corrected chi connectivity index (χ0v) is 8.56. The monoisotopic (exact) mass is 191 g/mol. The third-order valence-corrected chi connectivity index (χ3v) is 2.84. The summed E-state index contributed by atoms with van der Waals surface area (Å²) in [7, 11) is 0. The first-order valence-electron chi connectivity index (χ1n) is 5.21. The predicted molar refractivity (Wildman–Crippen MR) is 57.3 cm³/mol. The van der Waals surface area contributed by atoms with Gasteiger partial charge in [-0.2, -0.15) is 0 Å². The molecule has 1 saturated heterocycles. The first-order valence-corrected chi connectivity index (χ1v) is 5.21. The molecule has 1 aromatic carbocycles. The summed E-state index contributed by atoms with van der Waals surface area (Å²) in [5.41, 5.74) is 1.38. The van der Waals surface area contributed by atoms with Crippen LogP contribution in [-0.2, 0) is 0 Å². The number of nitrogens with zero attached hydrogens (tertiary/aromatic N) is 1. The zero-order valence-electron chi connectivity index (χ0n) is 8.56. The number of likely N-dealkylation sites (tertiary alicyclic amines) is 1. The van der Waals surface area contributed by atoms with Gasteiger partial charge in [0.15, 0.2) is 0 Å². The summed E-state index contributed by atoms with van der Waals surface area (Å²) in [6.45, 7) is 4.98. The molecule has 0 spiro atoms. The second kappa shape index (κ2) is 4.11. The van der Waals surface area contributed by atoms with Gasteiger partial charge in [-0.25, -0.2) is 0 Å². The summed E-state index contributed by atoms with van der Waals surface area (Å²) < 4.78 is 0. The third-order valence-electron chi connectivity index (χ3n) is 2.84. The molecule has 14 heavy (non-hydrogen) atoms. The second-order valence-electron chi connectivity index (χ2n) is 4.18. The van der Waals surface area contributed by atoms with Crippen molar-refractivity contribution in [2.45, 2.75) is 18.9 Å². The largest absolute Gasteiger partial charge is 0.390 e. The van der Waals surface area contributed by atoms with Gasteiger partial charge in [-0.3, -0.25) is 4.90 Å². The normalized spacial score (nSPS) is 20.4. The lowest BCUT2D eigenvalue weighted by Gasteiger charge is -2.37. The number of aliphatic hydroxyl groups is 1. The lowest BCUT2D eigenvalue weighted by molar-refractivity contribution is -0.000320. The van der Waals surface area contributed by atoms with E-state index >= 15 is 0 Å². The molecule has 1 aliphatic heterocycles. The SMILES string of the molecule is C[C@@H](CN1CC(O)C1)c1ccccc1. The highest BCUT2D eigenvalue weighted by molar-refractivity contribution is 5.19. The van der Waals surface area contributed by atoms with E-state index in [1.54, 1.807) is 0 Å². The fraction of sp³-hybridized carbons (Fsp3) is 0.500. The minimum absolute atomic E-state index is 0.0852. The average Bonchev–Trinajstić information content (AvgIpc) is 2.17. The van der Waals surface area contributed by atoms with Gasteiger partial charge in [0, 0.05) is 19.6 Å². The van der Waals surface area contributed by atoms with Crippen molar-refractivity contribution in [3.63, 3.8) is 0 Å². The summed E-state index contributed by atoms with van der Waals surface area (Å²) in [6.07, 6.45) is -0.0852. The summed E-state index contributed by atoms with van der Waals surface area (Å²) in [4.78, 5) is 2.29. The molecule has 2 nitrogen and oxygen atoms in total. The van der Waals surface area contributed by atoms with Gasteiger partial charge < -0.3 is 5.11 Å². The number of rotatable bonds is 3. The Morgan fingerprint density at radius 2 is 2.00 bits per heavy atom. The Morgan fingerprint density at radius 1 is 1.36 bits per heavy atom. The van der Waals surface area contributed by atoms with Crippen molar-refractivity contribution >= 4 is 0 Å². The number of β-amino-alcohol motifs (C(OH)–C–C–N with tert-alkyl or cyclic N) is 1. The summed E-state index contributed by atoms with van der Waals surface area (Å²) in [5, 5.41) is 9.16. The van der Waals surface area contributed by atoms with Gasteiger partial charge in [-0.05, 0) is 11.5 Å². The van der Waals surface area contributed by atoms with Crippen LogP contribution >= 0.6 is 0 Å². The second-order valence-corrected chi connectivity index (χ2v) is 4.18. The molecule has 0 aliphatic carbocycles. The van der Waals surface area contributed by atoms with Crippen LogP contribution in [0.2, 0.25) is 0 Å². The van der Waals surface area contributed by atoms with Gasteiger partial charge in [-0.1, -0.05) is 37.3 Å². The van der Waals surface area contributed by atoms with Crippen LogP contribution in [0.5, 0.6) is 0 Å². The van der Waals surface area contributed by atoms with Gasteiger partial charge in [-0.15, -0.1) is 0 Å². The Morgan fingerprint density at radius 3 is 2.57 bits per heavy atom. The topological polar surface area (TPSA) is 23.5 Å². The molecular formula is C12H17NO. The van der Waals surface area contributed by atoms with Gasteiger partial charge in [0.2, 0.25) is 0 Å². The van der Waals surface area contributed by atoms with E-state index in [4.69, 9.17) is 5.11 Å². The van der Waals surface area contributed by atoms with E-state index in [0.29, 0.717) is 5.92 Å². The summed E-state index contributed by atoms with van der Waals surface area (Å²) in [5.74, 6) is 0.559. The highest BCUT2D eigenvalue weighted by atomic mass is 16.3. The lowest BCUT2D eigenvalue weighted by Crippen LogP contribution is -2.51. The first-order chi connectivity index (χ1) is 6.75. The molecule has 2 rings (SSSR count). The van der Waals surface area contributed by atoms with Crippen LogP contribution in [0, 0.1) is 0 Å². The van der Waals surface area contributed by atoms with Crippen molar-refractivity contribution in [2.75, 3.05) is 19.6 Å². The Bertz CT molecular complexity index is 280. The average molecular weight is 191 g/mol. The zero-order chi connectivity index (χ0) is 9.97. The molecule has 1 heterocycles. The van der Waals surface area contributed by atoms with Crippen molar-refractivity contribution in [1.29, 1.82) is 0 Å². The molecule has 0 saturated carbocycles. The fourth-order valence-electron chi connectivity index (χ4n) is 1.97.